The second-order valence-electron chi connectivity index (χ2n) is 8.01. The third-order valence-electron chi connectivity index (χ3n) is 5.89. The maximum Gasteiger partial charge on any atom is 0.315 e. The van der Waals surface area contributed by atoms with Gasteiger partial charge < -0.3 is 14.8 Å². The van der Waals surface area contributed by atoms with E-state index < -0.39 is 11.8 Å². The molecule has 0 aromatic heterocycles. The molecule has 0 fully saturated rings. The molecule has 0 saturated heterocycles. The van der Waals surface area contributed by atoms with E-state index in [2.05, 4.69) is 11.9 Å². The highest BCUT2D eigenvalue weighted by atomic mass is 35.5. The molecule has 4 rings (SSSR count). The molecule has 5 nitrogen and oxygen atoms in total. The van der Waals surface area contributed by atoms with Crippen LogP contribution in [0.1, 0.15) is 43.2 Å². The molecule has 0 radical (unpaired) electrons. The number of Topliss-reactive ketones (excluding diaryl/α,β-unsaturated/α-hetero) is 1. The Labute approximate surface area is 193 Å². The Balaban J connectivity index is 1.61. The molecule has 32 heavy (non-hydrogen) atoms. The number of allylic oxidation sites excluding steroid dienone is 2. The van der Waals surface area contributed by atoms with Crippen molar-refractivity contribution in [2.75, 3.05) is 6.61 Å². The normalized spacial score (nSPS) is 20.4. The van der Waals surface area contributed by atoms with Crippen molar-refractivity contribution in [1.29, 1.82) is 0 Å². The second-order valence-corrected chi connectivity index (χ2v) is 8.45. The molecule has 1 N–H and O–H groups in total. The van der Waals surface area contributed by atoms with Gasteiger partial charge in [0, 0.05) is 34.3 Å². The van der Waals surface area contributed by atoms with Crippen LogP contribution in [0.15, 0.2) is 72.1 Å². The van der Waals surface area contributed by atoms with Gasteiger partial charge in [-0.05, 0) is 55.2 Å². The first-order valence-corrected chi connectivity index (χ1v) is 11.2. The van der Waals surface area contributed by atoms with Gasteiger partial charge in [-0.2, -0.15) is 0 Å². The number of esters is 1. The quantitative estimate of drug-likeness (QED) is 0.603. The number of benzene rings is 2. The van der Waals surface area contributed by atoms with Gasteiger partial charge >= 0.3 is 5.97 Å². The molecule has 2 atom stereocenters. The molecule has 0 bridgehead atoms. The smallest absolute Gasteiger partial charge is 0.315 e. The van der Waals surface area contributed by atoms with Gasteiger partial charge in [-0.25, -0.2) is 0 Å². The van der Waals surface area contributed by atoms with Crippen LogP contribution in [0.25, 0.3) is 0 Å². The molecular weight excluding hydrogens is 426 g/mol. The van der Waals surface area contributed by atoms with Crippen molar-refractivity contribution in [3.05, 3.63) is 88.2 Å². The van der Waals surface area contributed by atoms with Crippen molar-refractivity contribution in [1.82, 2.24) is 5.32 Å². The first-order valence-electron chi connectivity index (χ1n) is 10.8. The van der Waals surface area contributed by atoms with Gasteiger partial charge in [-0.3, -0.25) is 9.59 Å². The average Bonchev–Trinajstić information content (AvgIpc) is 2.78. The summed E-state index contributed by atoms with van der Waals surface area (Å²) in [5.74, 6) is -0.669. The standard InChI is InChI=1S/C26H26ClNO4/c1-3-31-26(30)23-16(2)28-21-5-4-6-22(29)25(21)24(23)18-9-13-20(14-10-18)32-15-17-7-11-19(27)12-8-17/h7-14,23-24,28H,2-6,15H2,1H3. The number of hydrogen-bond acceptors (Lipinski definition) is 5. The van der Waals surface area contributed by atoms with Crippen molar-refractivity contribution in [3.8, 4) is 5.75 Å². The van der Waals surface area contributed by atoms with Crippen LogP contribution in [0.4, 0.5) is 0 Å². The van der Waals surface area contributed by atoms with Crippen LogP contribution in [0, 0.1) is 5.92 Å². The summed E-state index contributed by atoms with van der Waals surface area (Å²) in [5, 5.41) is 3.91. The summed E-state index contributed by atoms with van der Waals surface area (Å²) in [5.41, 5.74) is 4.01. The van der Waals surface area contributed by atoms with E-state index in [9.17, 15) is 9.59 Å². The fourth-order valence-electron chi connectivity index (χ4n) is 4.38. The predicted molar refractivity (Wildman–Crippen MR) is 123 cm³/mol. The third-order valence-corrected chi connectivity index (χ3v) is 6.14. The van der Waals surface area contributed by atoms with E-state index >= 15 is 0 Å². The minimum absolute atomic E-state index is 0.0774. The lowest BCUT2D eigenvalue weighted by molar-refractivity contribution is -0.147. The molecule has 0 saturated carbocycles. The van der Waals surface area contributed by atoms with Crippen LogP contribution in [-0.4, -0.2) is 18.4 Å². The number of halogens is 1. The summed E-state index contributed by atoms with van der Waals surface area (Å²) in [6.07, 6.45) is 2.06. The molecule has 2 aromatic carbocycles. The Morgan fingerprint density at radius 2 is 1.84 bits per heavy atom. The molecule has 6 heteroatoms. The molecular formula is C26H26ClNO4. The monoisotopic (exact) mass is 451 g/mol. The number of carbonyl (C=O) groups excluding carboxylic acids is 2. The Bertz CT molecular complexity index is 1060. The van der Waals surface area contributed by atoms with Crippen LogP contribution >= 0.6 is 11.6 Å². The Morgan fingerprint density at radius 1 is 1.12 bits per heavy atom. The topological polar surface area (TPSA) is 64.6 Å². The number of rotatable bonds is 6. The zero-order valence-electron chi connectivity index (χ0n) is 18.0. The van der Waals surface area contributed by atoms with Crippen molar-refractivity contribution in [3.63, 3.8) is 0 Å². The van der Waals surface area contributed by atoms with Gasteiger partial charge in [0.25, 0.3) is 0 Å². The van der Waals surface area contributed by atoms with Crippen LogP contribution < -0.4 is 10.1 Å². The van der Waals surface area contributed by atoms with Crippen LogP contribution in [0.5, 0.6) is 5.75 Å². The van der Waals surface area contributed by atoms with Crippen LogP contribution in [-0.2, 0) is 20.9 Å². The number of hydrogen-bond donors (Lipinski definition) is 1. The number of ketones is 1. The molecule has 1 aliphatic carbocycles. The van der Waals surface area contributed by atoms with Gasteiger partial charge in [0.2, 0.25) is 0 Å². The highest BCUT2D eigenvalue weighted by molar-refractivity contribution is 6.30. The van der Waals surface area contributed by atoms with E-state index in [1.54, 1.807) is 6.92 Å². The minimum atomic E-state index is -0.656. The Kier molecular flexibility index (Phi) is 6.66. The van der Waals surface area contributed by atoms with E-state index in [4.69, 9.17) is 21.1 Å². The fraction of sp³-hybridized carbons (Fsp3) is 0.308. The lowest BCUT2D eigenvalue weighted by Gasteiger charge is -2.38. The van der Waals surface area contributed by atoms with E-state index in [1.807, 2.05) is 48.5 Å². The van der Waals surface area contributed by atoms with E-state index in [-0.39, 0.29) is 18.4 Å². The van der Waals surface area contributed by atoms with Gasteiger partial charge in [-0.15, -0.1) is 0 Å². The SMILES string of the molecule is C=C1NC2=C(C(=O)CCC2)C(c2ccc(OCc3ccc(Cl)cc3)cc2)C1C(=O)OCC. The molecule has 0 amide bonds. The first kappa shape index (κ1) is 22.2. The molecule has 166 valence electrons. The molecule has 2 unspecified atom stereocenters. The molecule has 2 aromatic rings. The summed E-state index contributed by atoms with van der Waals surface area (Å²) in [7, 11) is 0. The minimum Gasteiger partial charge on any atom is -0.489 e. The molecule has 1 aliphatic heterocycles. The van der Waals surface area contributed by atoms with E-state index in [1.165, 1.54) is 0 Å². The van der Waals surface area contributed by atoms with Gasteiger partial charge in [0.1, 0.15) is 18.3 Å². The predicted octanol–water partition coefficient (Wildman–Crippen LogP) is 5.31. The maximum absolute atomic E-state index is 12.9. The highest BCUT2D eigenvalue weighted by Gasteiger charge is 2.43. The van der Waals surface area contributed by atoms with Crippen molar-refractivity contribution >= 4 is 23.4 Å². The Hall–Kier alpha value is -3.05. The summed E-state index contributed by atoms with van der Waals surface area (Å²) in [4.78, 5) is 25.7. The molecule has 0 spiro atoms. The number of carbonyl (C=O) groups is 2. The third kappa shape index (κ3) is 4.58. The summed E-state index contributed by atoms with van der Waals surface area (Å²) in [6.45, 7) is 6.55. The summed E-state index contributed by atoms with van der Waals surface area (Å²) < 4.78 is 11.2. The van der Waals surface area contributed by atoms with Crippen molar-refractivity contribution < 1.29 is 19.1 Å². The van der Waals surface area contributed by atoms with Gasteiger partial charge in [0.05, 0.1) is 6.61 Å². The summed E-state index contributed by atoms with van der Waals surface area (Å²) >= 11 is 5.93. The average molecular weight is 452 g/mol. The highest BCUT2D eigenvalue weighted by Crippen LogP contribution is 2.44. The lowest BCUT2D eigenvalue weighted by atomic mass is 9.71. The van der Waals surface area contributed by atoms with Crippen molar-refractivity contribution in [2.45, 2.75) is 38.7 Å². The zero-order chi connectivity index (χ0) is 22.7. The van der Waals surface area contributed by atoms with Crippen molar-refractivity contribution in [2.24, 2.45) is 5.92 Å². The molecule has 2 aliphatic rings. The lowest BCUT2D eigenvalue weighted by Crippen LogP contribution is -2.41. The van der Waals surface area contributed by atoms with E-state index in [0.29, 0.717) is 35.1 Å². The van der Waals surface area contributed by atoms with Crippen LogP contribution in [0.3, 0.4) is 0 Å². The number of ether oxygens (including phenoxy) is 2. The zero-order valence-corrected chi connectivity index (χ0v) is 18.8. The summed E-state index contributed by atoms with van der Waals surface area (Å²) in [6, 6.07) is 15.1. The van der Waals surface area contributed by atoms with Gasteiger partial charge in [0.15, 0.2) is 5.78 Å². The van der Waals surface area contributed by atoms with Crippen LogP contribution in [0.2, 0.25) is 5.02 Å². The fourth-order valence-corrected chi connectivity index (χ4v) is 4.51. The van der Waals surface area contributed by atoms with Gasteiger partial charge in [-0.1, -0.05) is 42.4 Å². The Morgan fingerprint density at radius 3 is 2.53 bits per heavy atom. The number of nitrogens with one attached hydrogen (secondary N) is 1. The first-order chi connectivity index (χ1) is 15.5. The largest absolute Gasteiger partial charge is 0.489 e. The second kappa shape index (κ2) is 9.61. The van der Waals surface area contributed by atoms with E-state index in [0.717, 1.165) is 29.7 Å². The maximum atomic E-state index is 12.9. The molecule has 1 heterocycles.